The van der Waals surface area contributed by atoms with Gasteiger partial charge >= 0.3 is 0 Å². The highest BCUT2D eigenvalue weighted by Gasteiger charge is 2.32. The number of piperazine rings is 1. The van der Waals surface area contributed by atoms with E-state index < -0.39 is 18.6 Å². The van der Waals surface area contributed by atoms with Crippen LogP contribution in [-0.4, -0.2) is 72.5 Å². The number of aromatic nitrogens is 7. The Morgan fingerprint density at radius 3 is 2.20 bits per heavy atom. The topological polar surface area (TPSA) is 112 Å². The van der Waals surface area contributed by atoms with Crippen LogP contribution in [0.5, 0.6) is 0 Å². The number of aliphatic hydroxyl groups excluding tert-OH is 1. The molecule has 0 aliphatic carbocycles. The van der Waals surface area contributed by atoms with E-state index in [9.17, 15) is 13.9 Å². The SMILES string of the molecule is CC(C)c1nc2ccc(N3CCN(c4ccc(-c5ccc(C(F)C(O)C(F)n6cnnn6)nc5)cc4)CC3)cc2[nH]1. The van der Waals surface area contributed by atoms with E-state index in [1.54, 1.807) is 6.07 Å². The van der Waals surface area contributed by atoms with E-state index in [0.29, 0.717) is 10.6 Å². The molecule has 1 aliphatic rings. The number of aliphatic hydroxyl groups is 1. The molecule has 2 aromatic carbocycles. The summed E-state index contributed by atoms with van der Waals surface area (Å²) in [5, 5.41) is 20.0. The number of rotatable bonds is 8. The average molecular weight is 560 g/mol. The van der Waals surface area contributed by atoms with E-state index in [-0.39, 0.29) is 5.69 Å². The number of benzene rings is 2. The molecule has 3 atom stereocenters. The number of H-pyrrole nitrogens is 1. The van der Waals surface area contributed by atoms with Gasteiger partial charge in [0.2, 0.25) is 6.30 Å². The van der Waals surface area contributed by atoms with Crippen LogP contribution in [-0.2, 0) is 0 Å². The number of pyridine rings is 1. The van der Waals surface area contributed by atoms with Gasteiger partial charge in [-0.2, -0.15) is 4.68 Å². The van der Waals surface area contributed by atoms with Gasteiger partial charge in [-0.25, -0.2) is 13.8 Å². The quantitative estimate of drug-likeness (QED) is 0.284. The van der Waals surface area contributed by atoms with Crippen molar-refractivity contribution in [3.63, 3.8) is 0 Å². The fraction of sp³-hybridized carbons (Fsp3) is 0.345. The van der Waals surface area contributed by atoms with Crippen LogP contribution in [0.2, 0.25) is 0 Å². The minimum Gasteiger partial charge on any atom is -0.385 e. The zero-order chi connectivity index (χ0) is 28.5. The Bertz CT molecular complexity index is 1580. The molecule has 0 saturated carbocycles. The maximum atomic E-state index is 14.8. The molecule has 6 rings (SSSR count). The smallest absolute Gasteiger partial charge is 0.224 e. The molecule has 212 valence electrons. The van der Waals surface area contributed by atoms with E-state index in [4.69, 9.17) is 0 Å². The second kappa shape index (κ2) is 11.2. The van der Waals surface area contributed by atoms with Crippen molar-refractivity contribution in [1.82, 2.24) is 35.2 Å². The lowest BCUT2D eigenvalue weighted by molar-refractivity contribution is -0.0294. The zero-order valence-electron chi connectivity index (χ0n) is 22.8. The number of hydrogen-bond donors (Lipinski definition) is 2. The van der Waals surface area contributed by atoms with Crippen LogP contribution < -0.4 is 9.80 Å². The first-order valence-electron chi connectivity index (χ1n) is 13.6. The number of alkyl halides is 2. The maximum absolute atomic E-state index is 14.8. The summed E-state index contributed by atoms with van der Waals surface area (Å²) in [5.41, 5.74) is 6.04. The van der Waals surface area contributed by atoms with Crippen molar-refractivity contribution in [2.75, 3.05) is 36.0 Å². The monoisotopic (exact) mass is 559 g/mol. The molecule has 10 nitrogen and oxygen atoms in total. The standard InChI is InChI=1S/C29H31F2N9O/c1-18(2)29-34-23-10-8-22(15-25(23)35-29)39-13-11-38(12-14-39)21-6-3-19(4-7-21)20-5-9-24(32-16-20)26(30)27(41)28(31)40-17-33-36-37-40/h3-10,15-18,26-28,41H,11-14H2,1-2H3,(H,34,35). The molecule has 0 spiro atoms. The number of nitrogens with one attached hydrogen (secondary N) is 1. The van der Waals surface area contributed by atoms with Gasteiger partial charge in [-0.05, 0) is 52.4 Å². The highest BCUT2D eigenvalue weighted by atomic mass is 19.1. The van der Waals surface area contributed by atoms with E-state index in [1.807, 2.05) is 12.1 Å². The number of tetrazole rings is 1. The largest absolute Gasteiger partial charge is 0.385 e. The normalized spacial score (nSPS) is 16.3. The van der Waals surface area contributed by atoms with Crippen molar-refractivity contribution in [3.05, 3.63) is 78.6 Å². The van der Waals surface area contributed by atoms with E-state index >= 15 is 0 Å². The first-order chi connectivity index (χ1) is 19.9. The third-order valence-electron chi connectivity index (χ3n) is 7.51. The van der Waals surface area contributed by atoms with Crippen molar-refractivity contribution >= 4 is 22.4 Å². The Morgan fingerprint density at radius 1 is 0.878 bits per heavy atom. The van der Waals surface area contributed by atoms with Crippen molar-refractivity contribution in [1.29, 1.82) is 0 Å². The molecule has 1 saturated heterocycles. The zero-order valence-corrected chi connectivity index (χ0v) is 22.8. The van der Waals surface area contributed by atoms with Crippen LogP contribution in [0.15, 0.2) is 67.1 Å². The summed E-state index contributed by atoms with van der Waals surface area (Å²) in [6.45, 7) is 7.88. The minimum absolute atomic E-state index is 0.0708. The second-order valence-electron chi connectivity index (χ2n) is 10.5. The molecular weight excluding hydrogens is 528 g/mol. The number of aromatic amines is 1. The van der Waals surface area contributed by atoms with Gasteiger partial charge in [-0.15, -0.1) is 5.10 Å². The van der Waals surface area contributed by atoms with Gasteiger partial charge in [0, 0.05) is 55.2 Å². The fourth-order valence-corrected chi connectivity index (χ4v) is 5.07. The lowest BCUT2D eigenvalue weighted by atomic mass is 10.0. The third kappa shape index (κ3) is 5.47. The number of nitrogens with zero attached hydrogens (tertiary/aromatic N) is 8. The van der Waals surface area contributed by atoms with Gasteiger partial charge in [0.15, 0.2) is 6.17 Å². The molecular formula is C29H31F2N9O. The molecule has 4 heterocycles. The number of hydrogen-bond acceptors (Lipinski definition) is 8. The number of anilines is 2. The number of fused-ring (bicyclic) bond motifs is 1. The molecule has 3 unspecified atom stereocenters. The van der Waals surface area contributed by atoms with Crippen LogP contribution in [0.3, 0.4) is 0 Å². The summed E-state index contributed by atoms with van der Waals surface area (Å²) >= 11 is 0. The average Bonchev–Trinajstić information content (AvgIpc) is 3.71. The summed E-state index contributed by atoms with van der Waals surface area (Å²) in [7, 11) is 0. The number of imidazole rings is 1. The van der Waals surface area contributed by atoms with Crippen molar-refractivity contribution in [3.8, 4) is 11.1 Å². The molecule has 41 heavy (non-hydrogen) atoms. The van der Waals surface area contributed by atoms with Gasteiger partial charge in [-0.3, -0.25) is 4.98 Å². The minimum atomic E-state index is -2.13. The molecule has 0 radical (unpaired) electrons. The Kier molecular flexibility index (Phi) is 7.31. The first-order valence-corrected chi connectivity index (χ1v) is 13.6. The fourth-order valence-electron chi connectivity index (χ4n) is 5.07. The van der Waals surface area contributed by atoms with Crippen LogP contribution in [0.1, 0.15) is 43.8 Å². The Hall–Kier alpha value is -4.45. The predicted molar refractivity (Wildman–Crippen MR) is 152 cm³/mol. The molecule has 0 bridgehead atoms. The van der Waals surface area contributed by atoms with Gasteiger partial charge in [0.1, 0.15) is 18.3 Å². The van der Waals surface area contributed by atoms with Gasteiger partial charge in [-0.1, -0.05) is 32.0 Å². The Morgan fingerprint density at radius 2 is 1.56 bits per heavy atom. The van der Waals surface area contributed by atoms with Crippen molar-refractivity contribution in [2.24, 2.45) is 0 Å². The van der Waals surface area contributed by atoms with Crippen molar-refractivity contribution in [2.45, 2.75) is 38.3 Å². The highest BCUT2D eigenvalue weighted by molar-refractivity contribution is 5.80. The summed E-state index contributed by atoms with van der Waals surface area (Å²) in [6.07, 6.45) is -3.67. The molecule has 5 aromatic rings. The van der Waals surface area contributed by atoms with Gasteiger partial charge in [0.05, 0.1) is 16.7 Å². The summed E-state index contributed by atoms with van der Waals surface area (Å²) in [4.78, 5) is 17.0. The third-order valence-corrected chi connectivity index (χ3v) is 7.51. The lowest BCUT2D eigenvalue weighted by Crippen LogP contribution is -2.46. The van der Waals surface area contributed by atoms with Crippen LogP contribution in [0.4, 0.5) is 20.2 Å². The van der Waals surface area contributed by atoms with Gasteiger partial charge < -0.3 is 19.9 Å². The summed E-state index contributed by atoms with van der Waals surface area (Å²) in [5.74, 6) is 1.37. The summed E-state index contributed by atoms with van der Waals surface area (Å²) in [6, 6.07) is 17.7. The van der Waals surface area contributed by atoms with E-state index in [2.05, 4.69) is 84.5 Å². The van der Waals surface area contributed by atoms with Crippen LogP contribution in [0, 0.1) is 0 Å². The molecule has 1 aliphatic heterocycles. The predicted octanol–water partition coefficient (Wildman–Crippen LogP) is 4.60. The highest BCUT2D eigenvalue weighted by Crippen LogP contribution is 2.30. The van der Waals surface area contributed by atoms with Gasteiger partial charge in [0.25, 0.3) is 0 Å². The Labute approximate surface area is 235 Å². The lowest BCUT2D eigenvalue weighted by Gasteiger charge is -2.37. The van der Waals surface area contributed by atoms with Crippen LogP contribution in [0.25, 0.3) is 22.2 Å². The van der Waals surface area contributed by atoms with Crippen LogP contribution >= 0.6 is 0 Å². The summed E-state index contributed by atoms with van der Waals surface area (Å²) < 4.78 is 29.7. The molecule has 12 heteroatoms. The molecule has 2 N–H and O–H groups in total. The molecule has 0 amide bonds. The number of halogens is 2. The maximum Gasteiger partial charge on any atom is 0.224 e. The molecule has 3 aromatic heterocycles. The Balaban J connectivity index is 1.07. The first kappa shape index (κ1) is 26.8. The van der Waals surface area contributed by atoms with E-state index in [0.717, 1.165) is 66.2 Å². The molecule has 1 fully saturated rings. The second-order valence-corrected chi connectivity index (χ2v) is 10.5. The van der Waals surface area contributed by atoms with E-state index in [1.165, 1.54) is 18.0 Å². The van der Waals surface area contributed by atoms with Crippen molar-refractivity contribution < 1.29 is 13.9 Å².